The molecule has 88 valence electrons. The van der Waals surface area contributed by atoms with Crippen LogP contribution in [-0.2, 0) is 0 Å². The van der Waals surface area contributed by atoms with Crippen LogP contribution < -0.4 is 4.74 Å². The number of para-hydroxylation sites is 1. The van der Waals surface area contributed by atoms with Crippen LogP contribution in [0, 0.1) is 0 Å². The smallest absolute Gasteiger partial charge is 0.127 e. The van der Waals surface area contributed by atoms with Crippen LogP contribution in [0.15, 0.2) is 39.5 Å². The molecular formula is C15H15IO. The van der Waals surface area contributed by atoms with Gasteiger partial charge in [0.25, 0.3) is 0 Å². The number of ether oxygens (including phenoxy) is 1. The molecule has 1 aliphatic carbocycles. The first kappa shape index (κ1) is 11.3. The van der Waals surface area contributed by atoms with Crippen LogP contribution in [0.3, 0.4) is 0 Å². The molecule has 2 aliphatic rings. The highest BCUT2D eigenvalue weighted by atomic mass is 127. The number of halogens is 1. The minimum Gasteiger partial charge on any atom is -0.488 e. The second-order valence-electron chi connectivity index (χ2n) is 4.54. The number of hydrogen-bond donors (Lipinski definition) is 0. The molecule has 1 nitrogen and oxygen atoms in total. The normalized spacial score (nSPS) is 19.5. The van der Waals surface area contributed by atoms with Gasteiger partial charge >= 0.3 is 0 Å². The van der Waals surface area contributed by atoms with Crippen molar-refractivity contribution in [2.75, 3.05) is 6.61 Å². The van der Waals surface area contributed by atoms with Gasteiger partial charge in [0.1, 0.15) is 12.4 Å². The summed E-state index contributed by atoms with van der Waals surface area (Å²) in [5.74, 6) is 1.04. The monoisotopic (exact) mass is 338 g/mol. The Morgan fingerprint density at radius 3 is 2.82 bits per heavy atom. The highest BCUT2D eigenvalue weighted by Crippen LogP contribution is 2.42. The molecule has 0 N–H and O–H groups in total. The zero-order valence-electron chi connectivity index (χ0n) is 9.71. The van der Waals surface area contributed by atoms with Crippen molar-refractivity contribution < 1.29 is 4.74 Å². The van der Waals surface area contributed by atoms with Gasteiger partial charge in [-0.05, 0) is 59.9 Å². The van der Waals surface area contributed by atoms with E-state index in [2.05, 4.69) is 46.9 Å². The maximum absolute atomic E-state index is 5.76. The summed E-state index contributed by atoms with van der Waals surface area (Å²) in [6.45, 7) is 0.726. The van der Waals surface area contributed by atoms with Gasteiger partial charge in [-0.2, -0.15) is 0 Å². The zero-order chi connectivity index (χ0) is 11.7. The van der Waals surface area contributed by atoms with Gasteiger partial charge in [0.15, 0.2) is 0 Å². The Bertz CT molecular complexity index is 499. The van der Waals surface area contributed by atoms with Crippen LogP contribution in [0.2, 0.25) is 0 Å². The first-order chi connectivity index (χ1) is 8.36. The first-order valence-corrected chi connectivity index (χ1v) is 7.24. The Hall–Kier alpha value is -0.770. The SMILES string of the molecule is IC1=C(C2=CCCCC2)c2ccccc2OC1. The van der Waals surface area contributed by atoms with Crippen molar-refractivity contribution in [3.05, 3.63) is 45.1 Å². The van der Waals surface area contributed by atoms with Gasteiger partial charge < -0.3 is 4.74 Å². The molecule has 17 heavy (non-hydrogen) atoms. The van der Waals surface area contributed by atoms with Crippen LogP contribution in [0.5, 0.6) is 5.75 Å². The predicted octanol–water partition coefficient (Wildman–Crippen LogP) is 4.73. The molecule has 0 atom stereocenters. The molecule has 3 rings (SSSR count). The van der Waals surface area contributed by atoms with Crippen molar-refractivity contribution in [1.29, 1.82) is 0 Å². The molecule has 1 aromatic carbocycles. The summed E-state index contributed by atoms with van der Waals surface area (Å²) in [6.07, 6.45) is 7.52. The Morgan fingerprint density at radius 2 is 2.00 bits per heavy atom. The van der Waals surface area contributed by atoms with Crippen molar-refractivity contribution in [3.8, 4) is 5.75 Å². The van der Waals surface area contributed by atoms with Crippen molar-refractivity contribution in [2.45, 2.75) is 25.7 Å². The first-order valence-electron chi connectivity index (χ1n) is 6.16. The number of rotatable bonds is 1. The highest BCUT2D eigenvalue weighted by molar-refractivity contribution is 14.1. The van der Waals surface area contributed by atoms with Crippen LogP contribution in [0.4, 0.5) is 0 Å². The third-order valence-corrected chi connectivity index (χ3v) is 4.24. The molecule has 0 radical (unpaired) electrons. The average molecular weight is 338 g/mol. The zero-order valence-corrected chi connectivity index (χ0v) is 11.9. The van der Waals surface area contributed by atoms with E-state index in [1.165, 1.54) is 46.0 Å². The molecule has 1 aliphatic heterocycles. The lowest BCUT2D eigenvalue weighted by Gasteiger charge is -2.25. The standard InChI is InChI=1S/C15H15IO/c16-13-10-17-14-9-5-4-8-12(14)15(13)11-6-2-1-3-7-11/h4-6,8-9H,1-3,7,10H2. The van der Waals surface area contributed by atoms with E-state index in [1.54, 1.807) is 0 Å². The molecule has 0 bridgehead atoms. The third-order valence-electron chi connectivity index (χ3n) is 3.39. The van der Waals surface area contributed by atoms with E-state index in [4.69, 9.17) is 4.74 Å². The topological polar surface area (TPSA) is 9.23 Å². The number of hydrogen-bond acceptors (Lipinski definition) is 1. The molecule has 1 aromatic rings. The number of allylic oxidation sites excluding steroid dienone is 3. The summed E-state index contributed by atoms with van der Waals surface area (Å²) in [4.78, 5) is 0. The van der Waals surface area contributed by atoms with Crippen molar-refractivity contribution in [2.24, 2.45) is 0 Å². The van der Waals surface area contributed by atoms with Gasteiger partial charge in [0.2, 0.25) is 0 Å². The molecule has 0 saturated carbocycles. The Labute approximate surface area is 116 Å². The summed E-state index contributed by atoms with van der Waals surface area (Å²) >= 11 is 2.43. The van der Waals surface area contributed by atoms with E-state index in [9.17, 15) is 0 Å². The third kappa shape index (κ3) is 2.15. The molecule has 1 heterocycles. The summed E-state index contributed by atoms with van der Waals surface area (Å²) in [5.41, 5.74) is 4.24. The van der Waals surface area contributed by atoms with Gasteiger partial charge in [-0.25, -0.2) is 0 Å². The molecule has 0 amide bonds. The lowest BCUT2D eigenvalue weighted by molar-refractivity contribution is 0.356. The van der Waals surface area contributed by atoms with Gasteiger partial charge in [0.05, 0.1) is 0 Å². The van der Waals surface area contributed by atoms with E-state index in [0.29, 0.717) is 0 Å². The summed E-state index contributed by atoms with van der Waals surface area (Å²) in [7, 11) is 0. The molecule has 0 spiro atoms. The van der Waals surface area contributed by atoms with Crippen LogP contribution in [0.1, 0.15) is 31.2 Å². The quantitative estimate of drug-likeness (QED) is 0.673. The fourth-order valence-corrected chi connectivity index (χ4v) is 3.36. The van der Waals surface area contributed by atoms with Crippen LogP contribution in [-0.4, -0.2) is 6.61 Å². The predicted molar refractivity (Wildman–Crippen MR) is 79.4 cm³/mol. The van der Waals surface area contributed by atoms with E-state index in [1.807, 2.05) is 6.07 Å². The Morgan fingerprint density at radius 1 is 1.12 bits per heavy atom. The Balaban J connectivity index is 2.10. The second kappa shape index (κ2) is 4.84. The van der Waals surface area contributed by atoms with Crippen molar-refractivity contribution >= 4 is 28.2 Å². The second-order valence-corrected chi connectivity index (χ2v) is 5.84. The molecule has 2 heteroatoms. The van der Waals surface area contributed by atoms with Crippen molar-refractivity contribution in [1.82, 2.24) is 0 Å². The molecule has 0 unspecified atom stereocenters. The minimum atomic E-state index is 0.726. The maximum Gasteiger partial charge on any atom is 0.127 e. The van der Waals surface area contributed by atoms with Gasteiger partial charge in [-0.15, -0.1) is 0 Å². The Kier molecular flexibility index (Phi) is 3.23. The minimum absolute atomic E-state index is 0.726. The van der Waals surface area contributed by atoms with E-state index in [0.717, 1.165) is 12.4 Å². The lowest BCUT2D eigenvalue weighted by Crippen LogP contribution is -2.10. The van der Waals surface area contributed by atoms with Crippen molar-refractivity contribution in [3.63, 3.8) is 0 Å². The van der Waals surface area contributed by atoms with Gasteiger partial charge in [-0.3, -0.25) is 0 Å². The fraction of sp³-hybridized carbons (Fsp3) is 0.333. The molecule has 0 saturated heterocycles. The van der Waals surface area contributed by atoms with Crippen LogP contribution in [0.25, 0.3) is 5.57 Å². The highest BCUT2D eigenvalue weighted by Gasteiger charge is 2.21. The molecule has 0 aromatic heterocycles. The summed E-state index contributed by atoms with van der Waals surface area (Å²) in [6, 6.07) is 8.39. The average Bonchev–Trinajstić information content (AvgIpc) is 2.39. The number of benzene rings is 1. The molecular weight excluding hydrogens is 323 g/mol. The van der Waals surface area contributed by atoms with E-state index < -0.39 is 0 Å². The lowest BCUT2D eigenvalue weighted by atomic mass is 9.88. The fourth-order valence-electron chi connectivity index (χ4n) is 2.57. The van der Waals surface area contributed by atoms with E-state index >= 15 is 0 Å². The van der Waals surface area contributed by atoms with Gasteiger partial charge in [0, 0.05) is 14.7 Å². The maximum atomic E-state index is 5.76. The molecule has 0 fully saturated rings. The summed E-state index contributed by atoms with van der Waals surface area (Å²) in [5, 5.41) is 0. The van der Waals surface area contributed by atoms with Crippen LogP contribution >= 0.6 is 22.6 Å². The number of fused-ring (bicyclic) bond motifs is 1. The summed E-state index contributed by atoms with van der Waals surface area (Å²) < 4.78 is 7.11. The van der Waals surface area contributed by atoms with E-state index in [-0.39, 0.29) is 0 Å². The van der Waals surface area contributed by atoms with Gasteiger partial charge in [-0.1, -0.05) is 24.3 Å². The largest absolute Gasteiger partial charge is 0.488 e.